The number of fused-ring (bicyclic) bond motifs is 1. The van der Waals surface area contributed by atoms with E-state index >= 15 is 0 Å². The van der Waals surface area contributed by atoms with Crippen LogP contribution >= 0.6 is 11.8 Å². The highest BCUT2D eigenvalue weighted by atomic mass is 32.2. The average molecular weight is 455 g/mol. The number of hydrogen-bond donors (Lipinski definition) is 3. The zero-order valence-corrected chi connectivity index (χ0v) is 17.9. The molecule has 2 heterocycles. The van der Waals surface area contributed by atoms with Crippen molar-refractivity contribution in [1.82, 2.24) is 20.4 Å². The van der Waals surface area contributed by atoms with E-state index in [1.165, 1.54) is 12.1 Å². The lowest BCUT2D eigenvalue weighted by molar-refractivity contribution is -0.119. The van der Waals surface area contributed by atoms with Gasteiger partial charge in [-0.25, -0.2) is 4.98 Å². The fourth-order valence-electron chi connectivity index (χ4n) is 3.44. The zero-order valence-electron chi connectivity index (χ0n) is 17.1. The van der Waals surface area contributed by atoms with E-state index in [-0.39, 0.29) is 28.7 Å². The van der Waals surface area contributed by atoms with E-state index in [0.29, 0.717) is 29.2 Å². The molecule has 9 nitrogen and oxygen atoms in total. The largest absolute Gasteiger partial charge is 0.507 e. The van der Waals surface area contributed by atoms with Crippen molar-refractivity contribution in [3.63, 3.8) is 0 Å². The maximum absolute atomic E-state index is 13.1. The number of ether oxygens (including phenoxy) is 1. The fourth-order valence-corrected chi connectivity index (χ4v) is 4.24. The molecule has 32 heavy (non-hydrogen) atoms. The van der Waals surface area contributed by atoms with Gasteiger partial charge in [-0.2, -0.15) is 0 Å². The first-order valence-electron chi connectivity index (χ1n) is 10.1. The number of phenols is 1. The van der Waals surface area contributed by atoms with Crippen LogP contribution in [0.25, 0.3) is 10.9 Å². The fraction of sp³-hybridized carbons (Fsp3) is 0.273. The number of amides is 2. The first kappa shape index (κ1) is 21.8. The smallest absolute Gasteiger partial charge is 0.273 e. The molecular formula is C22H22N4O5S. The molecule has 1 aliphatic heterocycles. The Kier molecular flexibility index (Phi) is 6.72. The van der Waals surface area contributed by atoms with Crippen LogP contribution in [0.3, 0.4) is 0 Å². The SMILES string of the molecule is O=C(CSc1nc2ccccc2c(=O)n1C[C@@H]1CCCO1)NNC(=O)c1ccccc1O. The molecule has 0 spiro atoms. The minimum atomic E-state index is -0.638. The number of carbonyl (C=O) groups excluding carboxylic acids is 2. The Morgan fingerprint density at radius 1 is 1.16 bits per heavy atom. The normalized spacial score (nSPS) is 15.6. The van der Waals surface area contributed by atoms with Crippen LogP contribution in [0.4, 0.5) is 0 Å². The lowest BCUT2D eigenvalue weighted by Crippen LogP contribution is -2.42. The maximum atomic E-state index is 13.1. The summed E-state index contributed by atoms with van der Waals surface area (Å²) in [6.07, 6.45) is 1.74. The molecule has 1 aromatic heterocycles. The van der Waals surface area contributed by atoms with Crippen molar-refractivity contribution in [3.8, 4) is 5.75 Å². The molecular weight excluding hydrogens is 432 g/mol. The van der Waals surface area contributed by atoms with E-state index in [4.69, 9.17) is 4.74 Å². The van der Waals surface area contributed by atoms with Crippen molar-refractivity contribution in [2.75, 3.05) is 12.4 Å². The van der Waals surface area contributed by atoms with Crippen LogP contribution in [0, 0.1) is 0 Å². The number of hydrogen-bond acceptors (Lipinski definition) is 7. The number of thioether (sulfide) groups is 1. The van der Waals surface area contributed by atoms with Crippen molar-refractivity contribution < 1.29 is 19.4 Å². The van der Waals surface area contributed by atoms with Crippen LogP contribution < -0.4 is 16.4 Å². The van der Waals surface area contributed by atoms with Gasteiger partial charge in [0.1, 0.15) is 5.75 Å². The molecule has 0 saturated carbocycles. The highest BCUT2D eigenvalue weighted by Crippen LogP contribution is 2.21. The average Bonchev–Trinajstić information content (AvgIpc) is 3.32. The van der Waals surface area contributed by atoms with Crippen molar-refractivity contribution in [2.45, 2.75) is 30.6 Å². The van der Waals surface area contributed by atoms with Crippen LogP contribution in [0.5, 0.6) is 5.75 Å². The van der Waals surface area contributed by atoms with E-state index in [2.05, 4.69) is 15.8 Å². The predicted octanol–water partition coefficient (Wildman–Crippen LogP) is 1.83. The van der Waals surface area contributed by atoms with E-state index in [9.17, 15) is 19.5 Å². The molecule has 0 bridgehead atoms. The molecule has 1 saturated heterocycles. The molecule has 3 N–H and O–H groups in total. The Bertz CT molecular complexity index is 1210. The molecule has 3 aromatic rings. The minimum absolute atomic E-state index is 0.0436. The summed E-state index contributed by atoms with van der Waals surface area (Å²) in [7, 11) is 0. The molecule has 2 aromatic carbocycles. The number of hydrazine groups is 1. The number of aromatic hydroxyl groups is 1. The Hall–Kier alpha value is -3.37. The Labute approximate surface area is 187 Å². The lowest BCUT2D eigenvalue weighted by atomic mass is 10.2. The van der Waals surface area contributed by atoms with Crippen molar-refractivity contribution in [1.29, 1.82) is 0 Å². The van der Waals surface area contributed by atoms with Gasteiger partial charge >= 0.3 is 0 Å². The molecule has 4 rings (SSSR count). The zero-order chi connectivity index (χ0) is 22.5. The van der Waals surface area contributed by atoms with Gasteiger partial charge in [0.25, 0.3) is 11.5 Å². The molecule has 1 atom stereocenters. The van der Waals surface area contributed by atoms with Gasteiger partial charge in [-0.3, -0.25) is 29.8 Å². The monoisotopic (exact) mass is 454 g/mol. The Balaban J connectivity index is 1.45. The molecule has 1 aliphatic rings. The number of phenolic OH excluding ortho intramolecular Hbond substituents is 1. The molecule has 10 heteroatoms. The van der Waals surface area contributed by atoms with Gasteiger partial charge in [0, 0.05) is 6.61 Å². The van der Waals surface area contributed by atoms with Gasteiger partial charge < -0.3 is 9.84 Å². The van der Waals surface area contributed by atoms with Gasteiger partial charge in [0.15, 0.2) is 5.16 Å². The van der Waals surface area contributed by atoms with Crippen molar-refractivity contribution in [2.24, 2.45) is 0 Å². The van der Waals surface area contributed by atoms with E-state index in [0.717, 1.165) is 24.6 Å². The summed E-state index contributed by atoms with van der Waals surface area (Å²) >= 11 is 1.10. The van der Waals surface area contributed by atoms with Crippen LogP contribution in [-0.4, -0.2) is 44.9 Å². The highest BCUT2D eigenvalue weighted by Gasteiger charge is 2.21. The Morgan fingerprint density at radius 3 is 2.72 bits per heavy atom. The van der Waals surface area contributed by atoms with Gasteiger partial charge in [0.05, 0.1) is 34.9 Å². The second-order valence-corrected chi connectivity index (χ2v) is 8.21. The van der Waals surface area contributed by atoms with Crippen LogP contribution in [0.2, 0.25) is 0 Å². The van der Waals surface area contributed by atoms with Crippen LogP contribution in [0.15, 0.2) is 58.5 Å². The predicted molar refractivity (Wildman–Crippen MR) is 119 cm³/mol. The summed E-state index contributed by atoms with van der Waals surface area (Å²) < 4.78 is 7.23. The number of carbonyl (C=O) groups is 2. The number of nitrogens with zero attached hydrogens (tertiary/aromatic N) is 2. The topological polar surface area (TPSA) is 123 Å². The van der Waals surface area contributed by atoms with Crippen LogP contribution in [0.1, 0.15) is 23.2 Å². The second kappa shape index (κ2) is 9.84. The number of benzene rings is 2. The molecule has 2 amide bonds. The summed E-state index contributed by atoms with van der Waals surface area (Å²) in [4.78, 5) is 42.0. The number of para-hydroxylation sites is 2. The van der Waals surface area contributed by atoms with Gasteiger partial charge in [-0.05, 0) is 37.1 Å². The first-order chi connectivity index (χ1) is 15.5. The molecule has 166 valence electrons. The summed E-state index contributed by atoms with van der Waals surface area (Å²) in [6.45, 7) is 1.03. The van der Waals surface area contributed by atoms with Gasteiger partial charge in [-0.15, -0.1) is 0 Å². The Morgan fingerprint density at radius 2 is 1.94 bits per heavy atom. The molecule has 1 fully saturated rings. The van der Waals surface area contributed by atoms with Crippen molar-refractivity contribution in [3.05, 3.63) is 64.4 Å². The third kappa shape index (κ3) is 4.92. The summed E-state index contributed by atoms with van der Waals surface area (Å²) in [5, 5.41) is 10.6. The van der Waals surface area contributed by atoms with E-state index in [1.54, 1.807) is 41.0 Å². The molecule has 0 unspecified atom stereocenters. The number of aromatic nitrogens is 2. The van der Waals surface area contributed by atoms with E-state index in [1.807, 2.05) is 0 Å². The molecule has 0 radical (unpaired) electrons. The minimum Gasteiger partial charge on any atom is -0.507 e. The quantitative estimate of drug-likeness (QED) is 0.295. The maximum Gasteiger partial charge on any atom is 0.273 e. The molecule has 0 aliphatic carbocycles. The van der Waals surface area contributed by atoms with Gasteiger partial charge in [0.2, 0.25) is 5.91 Å². The second-order valence-electron chi connectivity index (χ2n) is 7.27. The summed E-state index contributed by atoms with van der Waals surface area (Å²) in [5.74, 6) is -1.38. The van der Waals surface area contributed by atoms with E-state index < -0.39 is 11.8 Å². The highest BCUT2D eigenvalue weighted by molar-refractivity contribution is 7.99. The number of nitrogens with one attached hydrogen (secondary N) is 2. The van der Waals surface area contributed by atoms with Gasteiger partial charge in [-0.1, -0.05) is 36.0 Å². The number of rotatable bonds is 6. The third-order valence-electron chi connectivity index (χ3n) is 5.03. The van der Waals surface area contributed by atoms with Crippen molar-refractivity contribution >= 4 is 34.5 Å². The van der Waals surface area contributed by atoms with Crippen LogP contribution in [-0.2, 0) is 16.1 Å². The third-order valence-corrected chi connectivity index (χ3v) is 6.01. The lowest BCUT2D eigenvalue weighted by Gasteiger charge is -2.16. The first-order valence-corrected chi connectivity index (χ1v) is 11.1. The standard InChI is InChI=1S/C22H22N4O5S/c27-18-10-4-2-8-16(18)20(29)25-24-19(28)13-32-22-23-17-9-3-1-7-15(17)21(30)26(22)12-14-6-5-11-31-14/h1-4,7-10,14,27H,5-6,11-13H2,(H,24,28)(H,25,29)/t14-/m0/s1. The summed E-state index contributed by atoms with van der Waals surface area (Å²) in [5.41, 5.74) is 5.00. The summed E-state index contributed by atoms with van der Waals surface area (Å²) in [6, 6.07) is 13.1.